The SMILES string of the molecule is CCOC(=O)CCC(=O)OCC.O=C(O)CC(=O)O. The fourth-order valence-corrected chi connectivity index (χ4v) is 0.800. The Bertz CT molecular complexity index is 280. The predicted octanol–water partition coefficient (Wildman–Crippen LogP) is 0.438. The summed E-state index contributed by atoms with van der Waals surface area (Å²) in [7, 11) is 0. The van der Waals surface area contributed by atoms with E-state index in [4.69, 9.17) is 10.2 Å². The van der Waals surface area contributed by atoms with Gasteiger partial charge in [-0.15, -0.1) is 0 Å². The standard InChI is InChI=1S/C8H14O4.C3H4O4/c1-3-11-7(9)5-6-8(10)12-4-2;4-2(5)1-3(6)7/h3-6H2,1-2H3;1H2,(H,4,5)(H,6,7). The molecule has 0 aliphatic carbocycles. The van der Waals surface area contributed by atoms with E-state index in [-0.39, 0.29) is 24.8 Å². The minimum Gasteiger partial charge on any atom is -0.481 e. The van der Waals surface area contributed by atoms with Crippen LogP contribution in [0.4, 0.5) is 0 Å². The fourth-order valence-electron chi connectivity index (χ4n) is 0.800. The van der Waals surface area contributed by atoms with Gasteiger partial charge in [0.15, 0.2) is 0 Å². The Morgan fingerprint density at radius 2 is 1.11 bits per heavy atom. The van der Waals surface area contributed by atoms with Crippen LogP contribution in [0.3, 0.4) is 0 Å². The first-order chi connectivity index (χ1) is 8.83. The Balaban J connectivity index is 0. The molecule has 0 saturated heterocycles. The number of carboxylic acid groups (broad SMARTS) is 2. The first kappa shape index (κ1) is 19.2. The number of rotatable bonds is 7. The largest absolute Gasteiger partial charge is 0.481 e. The molecule has 19 heavy (non-hydrogen) atoms. The Kier molecular flexibility index (Phi) is 12.5. The number of carboxylic acids is 2. The third-order valence-corrected chi connectivity index (χ3v) is 1.45. The first-order valence-electron chi connectivity index (χ1n) is 5.58. The predicted molar refractivity (Wildman–Crippen MR) is 62.4 cm³/mol. The Morgan fingerprint density at radius 1 is 0.789 bits per heavy atom. The molecule has 2 N–H and O–H groups in total. The molecule has 0 saturated carbocycles. The lowest BCUT2D eigenvalue weighted by Gasteiger charge is -2.01. The zero-order valence-electron chi connectivity index (χ0n) is 10.9. The van der Waals surface area contributed by atoms with Gasteiger partial charge in [-0.3, -0.25) is 19.2 Å². The molecule has 0 atom stereocenters. The van der Waals surface area contributed by atoms with Crippen LogP contribution in [0.1, 0.15) is 33.1 Å². The molecule has 0 amide bonds. The molecule has 0 unspecified atom stereocenters. The van der Waals surface area contributed by atoms with Crippen LogP contribution < -0.4 is 0 Å². The second-order valence-electron chi connectivity index (χ2n) is 3.07. The Labute approximate surface area is 110 Å². The minimum atomic E-state index is -1.31. The fraction of sp³-hybridized carbons (Fsp3) is 0.636. The summed E-state index contributed by atoms with van der Waals surface area (Å²) in [5, 5.41) is 15.4. The Hall–Kier alpha value is -2.12. The summed E-state index contributed by atoms with van der Waals surface area (Å²) in [5.74, 6) is -3.34. The topological polar surface area (TPSA) is 127 Å². The lowest BCUT2D eigenvalue weighted by molar-refractivity contribution is -0.149. The van der Waals surface area contributed by atoms with Crippen LogP contribution in [0, 0.1) is 0 Å². The third-order valence-electron chi connectivity index (χ3n) is 1.45. The summed E-state index contributed by atoms with van der Waals surface area (Å²) in [5.41, 5.74) is 0. The van der Waals surface area contributed by atoms with Gasteiger partial charge < -0.3 is 19.7 Å². The van der Waals surface area contributed by atoms with Crippen molar-refractivity contribution in [2.75, 3.05) is 13.2 Å². The number of carbonyl (C=O) groups excluding carboxylic acids is 2. The molecule has 0 aromatic carbocycles. The van der Waals surface area contributed by atoms with Crippen LogP contribution >= 0.6 is 0 Å². The summed E-state index contributed by atoms with van der Waals surface area (Å²) in [6.07, 6.45) is -0.598. The van der Waals surface area contributed by atoms with Gasteiger partial charge in [0.1, 0.15) is 6.42 Å². The monoisotopic (exact) mass is 278 g/mol. The number of aliphatic carboxylic acids is 2. The van der Waals surface area contributed by atoms with Crippen molar-refractivity contribution in [3.63, 3.8) is 0 Å². The van der Waals surface area contributed by atoms with E-state index in [0.717, 1.165) is 0 Å². The van der Waals surface area contributed by atoms with E-state index in [1.807, 2.05) is 0 Å². The number of esters is 2. The van der Waals surface area contributed by atoms with Gasteiger partial charge in [-0.05, 0) is 13.8 Å². The van der Waals surface area contributed by atoms with E-state index >= 15 is 0 Å². The van der Waals surface area contributed by atoms with Gasteiger partial charge in [0, 0.05) is 0 Å². The average molecular weight is 278 g/mol. The molecule has 0 aromatic rings. The highest BCUT2D eigenvalue weighted by Crippen LogP contribution is 1.95. The molecular formula is C11H18O8. The second kappa shape index (κ2) is 12.3. The number of carbonyl (C=O) groups is 4. The molecule has 0 spiro atoms. The summed E-state index contributed by atoms with van der Waals surface area (Å²) in [6.45, 7) is 4.15. The first-order valence-corrected chi connectivity index (χ1v) is 5.58. The Morgan fingerprint density at radius 3 is 1.26 bits per heavy atom. The molecule has 8 nitrogen and oxygen atoms in total. The third kappa shape index (κ3) is 18.4. The second-order valence-corrected chi connectivity index (χ2v) is 3.07. The van der Waals surface area contributed by atoms with Gasteiger partial charge in [0.05, 0.1) is 26.1 Å². The van der Waals surface area contributed by atoms with Gasteiger partial charge in [0.25, 0.3) is 0 Å². The molecule has 0 aliphatic rings. The molecule has 0 fully saturated rings. The lowest BCUT2D eigenvalue weighted by atomic mass is 10.3. The van der Waals surface area contributed by atoms with E-state index in [0.29, 0.717) is 13.2 Å². The maximum atomic E-state index is 10.7. The molecule has 0 heterocycles. The van der Waals surface area contributed by atoms with Gasteiger partial charge in [0.2, 0.25) is 0 Å². The summed E-state index contributed by atoms with van der Waals surface area (Å²) >= 11 is 0. The van der Waals surface area contributed by atoms with Gasteiger partial charge in [-0.25, -0.2) is 0 Å². The average Bonchev–Trinajstić information content (AvgIpc) is 2.26. The van der Waals surface area contributed by atoms with Crippen molar-refractivity contribution in [1.29, 1.82) is 0 Å². The summed E-state index contributed by atoms with van der Waals surface area (Å²) in [4.78, 5) is 40.3. The van der Waals surface area contributed by atoms with Crippen LogP contribution in [0.5, 0.6) is 0 Å². The van der Waals surface area contributed by atoms with E-state index < -0.39 is 18.4 Å². The van der Waals surface area contributed by atoms with E-state index in [2.05, 4.69) is 9.47 Å². The van der Waals surface area contributed by atoms with E-state index in [9.17, 15) is 19.2 Å². The van der Waals surface area contributed by atoms with Crippen LogP contribution in [-0.2, 0) is 28.7 Å². The molecule has 0 rings (SSSR count). The van der Waals surface area contributed by atoms with Crippen molar-refractivity contribution >= 4 is 23.9 Å². The van der Waals surface area contributed by atoms with Crippen molar-refractivity contribution in [2.45, 2.75) is 33.1 Å². The van der Waals surface area contributed by atoms with Gasteiger partial charge >= 0.3 is 23.9 Å². The molecule has 0 aromatic heterocycles. The summed E-state index contributed by atoms with van der Waals surface area (Å²) < 4.78 is 9.25. The zero-order chi connectivity index (χ0) is 15.3. The van der Waals surface area contributed by atoms with Crippen molar-refractivity contribution in [3.05, 3.63) is 0 Å². The number of ether oxygens (including phenoxy) is 2. The maximum absolute atomic E-state index is 10.7. The van der Waals surface area contributed by atoms with Crippen molar-refractivity contribution in [1.82, 2.24) is 0 Å². The molecule has 0 radical (unpaired) electrons. The normalized spacial score (nSPS) is 8.74. The van der Waals surface area contributed by atoms with Crippen LogP contribution in [0.15, 0.2) is 0 Å². The molecular weight excluding hydrogens is 260 g/mol. The zero-order valence-corrected chi connectivity index (χ0v) is 10.9. The molecule has 0 bridgehead atoms. The molecule has 0 aliphatic heterocycles. The quantitative estimate of drug-likeness (QED) is 0.507. The van der Waals surface area contributed by atoms with E-state index in [1.165, 1.54) is 0 Å². The maximum Gasteiger partial charge on any atom is 0.314 e. The highest BCUT2D eigenvalue weighted by atomic mass is 16.5. The molecule has 8 heteroatoms. The van der Waals surface area contributed by atoms with Crippen LogP contribution in [-0.4, -0.2) is 47.3 Å². The van der Waals surface area contributed by atoms with Crippen molar-refractivity contribution in [2.24, 2.45) is 0 Å². The van der Waals surface area contributed by atoms with Crippen molar-refractivity contribution < 1.29 is 38.9 Å². The number of hydrogen-bond donors (Lipinski definition) is 2. The number of hydrogen-bond acceptors (Lipinski definition) is 6. The highest BCUT2D eigenvalue weighted by Gasteiger charge is 2.07. The summed E-state index contributed by atoms with van der Waals surface area (Å²) in [6, 6.07) is 0. The van der Waals surface area contributed by atoms with Crippen molar-refractivity contribution in [3.8, 4) is 0 Å². The van der Waals surface area contributed by atoms with Crippen LogP contribution in [0.25, 0.3) is 0 Å². The molecule has 110 valence electrons. The van der Waals surface area contributed by atoms with Crippen LogP contribution in [0.2, 0.25) is 0 Å². The minimum absolute atomic E-state index is 0.104. The lowest BCUT2D eigenvalue weighted by Crippen LogP contribution is -2.09. The van der Waals surface area contributed by atoms with Gasteiger partial charge in [-0.1, -0.05) is 0 Å². The van der Waals surface area contributed by atoms with Gasteiger partial charge in [-0.2, -0.15) is 0 Å². The van der Waals surface area contributed by atoms with E-state index in [1.54, 1.807) is 13.8 Å². The highest BCUT2D eigenvalue weighted by molar-refractivity contribution is 5.88. The smallest absolute Gasteiger partial charge is 0.314 e.